The van der Waals surface area contributed by atoms with Crippen molar-refractivity contribution < 1.29 is 9.59 Å². The molecule has 1 aliphatic rings. The van der Waals surface area contributed by atoms with Crippen LogP contribution in [0.5, 0.6) is 0 Å². The van der Waals surface area contributed by atoms with Crippen LogP contribution in [0, 0.1) is 0 Å². The summed E-state index contributed by atoms with van der Waals surface area (Å²) in [5, 5.41) is 6.04. The van der Waals surface area contributed by atoms with Crippen LogP contribution in [0.25, 0.3) is 0 Å². The molecule has 20 heavy (non-hydrogen) atoms. The summed E-state index contributed by atoms with van der Waals surface area (Å²) in [7, 11) is 3.45. The molecule has 0 aliphatic carbocycles. The molecule has 1 atom stereocenters. The third-order valence-corrected chi connectivity index (χ3v) is 3.58. The molecule has 0 saturated carbocycles. The number of halogens is 1. The van der Waals surface area contributed by atoms with Gasteiger partial charge >= 0.3 is 0 Å². The zero-order chi connectivity index (χ0) is 14.7. The number of likely N-dealkylation sites (N-methyl/N-ethyl adjacent to an activating group) is 1. The van der Waals surface area contributed by atoms with Crippen molar-refractivity contribution in [2.24, 2.45) is 0 Å². The molecule has 0 aromatic carbocycles. The van der Waals surface area contributed by atoms with Crippen molar-refractivity contribution in [3.05, 3.63) is 22.8 Å². The largest absolute Gasteiger partial charge is 0.373 e. The summed E-state index contributed by atoms with van der Waals surface area (Å²) in [6, 6.07) is 3.26. The summed E-state index contributed by atoms with van der Waals surface area (Å²) < 4.78 is 0. The Bertz CT molecular complexity index is 535. The van der Waals surface area contributed by atoms with Gasteiger partial charge in [0, 0.05) is 33.1 Å². The van der Waals surface area contributed by atoms with Crippen molar-refractivity contribution in [1.29, 1.82) is 0 Å². The zero-order valence-corrected chi connectivity index (χ0v) is 12.2. The van der Waals surface area contributed by atoms with Gasteiger partial charge in [0.1, 0.15) is 11.5 Å². The second kappa shape index (κ2) is 6.09. The van der Waals surface area contributed by atoms with E-state index < -0.39 is 0 Å². The molecule has 0 spiro atoms. The number of pyridine rings is 1. The highest BCUT2D eigenvalue weighted by Crippen LogP contribution is 2.17. The van der Waals surface area contributed by atoms with E-state index in [1.165, 1.54) is 0 Å². The van der Waals surface area contributed by atoms with Crippen LogP contribution in [0.1, 0.15) is 23.3 Å². The fraction of sp³-hybridized carbons (Fsp3) is 0.462. The Morgan fingerprint density at radius 1 is 1.50 bits per heavy atom. The summed E-state index contributed by atoms with van der Waals surface area (Å²) in [4.78, 5) is 29.4. The van der Waals surface area contributed by atoms with Crippen LogP contribution in [0.15, 0.2) is 12.1 Å². The number of carbonyl (C=O) groups is 2. The molecule has 1 aromatic rings. The third-order valence-electron chi connectivity index (χ3n) is 3.28. The predicted molar refractivity (Wildman–Crippen MR) is 76.9 cm³/mol. The Labute approximate surface area is 122 Å². The zero-order valence-electron chi connectivity index (χ0n) is 11.4. The molecule has 0 bridgehead atoms. The van der Waals surface area contributed by atoms with Gasteiger partial charge in [-0.1, -0.05) is 11.6 Å². The maximum absolute atomic E-state index is 12.2. The first-order valence-corrected chi connectivity index (χ1v) is 6.78. The first kappa shape index (κ1) is 14.6. The number of nitrogens with zero attached hydrogens (tertiary/aromatic N) is 2. The van der Waals surface area contributed by atoms with Gasteiger partial charge in [-0.2, -0.15) is 0 Å². The maximum atomic E-state index is 12.2. The van der Waals surface area contributed by atoms with E-state index in [0.717, 1.165) is 0 Å². The number of carbonyl (C=O) groups excluding carboxylic acids is 2. The number of piperidine rings is 1. The van der Waals surface area contributed by atoms with Crippen molar-refractivity contribution in [1.82, 2.24) is 15.2 Å². The lowest BCUT2D eigenvalue weighted by Crippen LogP contribution is -2.48. The molecule has 1 saturated heterocycles. The Kier molecular flexibility index (Phi) is 4.44. The minimum absolute atomic E-state index is 0.0682. The molecule has 1 aromatic heterocycles. The lowest BCUT2D eigenvalue weighted by atomic mass is 10.1. The van der Waals surface area contributed by atoms with Crippen molar-refractivity contribution in [2.75, 3.05) is 26.0 Å². The van der Waals surface area contributed by atoms with Gasteiger partial charge in [-0.3, -0.25) is 9.59 Å². The number of aromatic nitrogens is 1. The quantitative estimate of drug-likeness (QED) is 0.877. The van der Waals surface area contributed by atoms with Gasteiger partial charge in [0.25, 0.3) is 5.91 Å². The average molecular weight is 297 g/mol. The number of likely N-dealkylation sites (tertiary alicyclic amines) is 1. The van der Waals surface area contributed by atoms with E-state index in [9.17, 15) is 9.59 Å². The van der Waals surface area contributed by atoms with Crippen LogP contribution in [0.2, 0.25) is 5.02 Å². The highest BCUT2D eigenvalue weighted by Gasteiger charge is 2.25. The number of hydrogen-bond donors (Lipinski definition) is 2. The van der Waals surface area contributed by atoms with Gasteiger partial charge in [0.05, 0.1) is 5.02 Å². The highest BCUT2D eigenvalue weighted by atomic mass is 35.5. The molecule has 108 valence electrons. The Hall–Kier alpha value is -1.82. The molecule has 0 radical (unpaired) electrons. The average Bonchev–Trinajstić information content (AvgIpc) is 2.43. The highest BCUT2D eigenvalue weighted by molar-refractivity contribution is 6.33. The first-order valence-electron chi connectivity index (χ1n) is 6.40. The smallest absolute Gasteiger partial charge is 0.271 e. The second-order valence-corrected chi connectivity index (χ2v) is 5.17. The van der Waals surface area contributed by atoms with Crippen LogP contribution >= 0.6 is 11.6 Å². The van der Waals surface area contributed by atoms with Crippen molar-refractivity contribution >= 4 is 29.2 Å². The fourth-order valence-corrected chi connectivity index (χ4v) is 2.32. The van der Waals surface area contributed by atoms with Crippen LogP contribution in [-0.4, -0.2) is 48.4 Å². The first-order chi connectivity index (χ1) is 9.51. The lowest BCUT2D eigenvalue weighted by molar-refractivity contribution is -0.132. The number of nitrogens with one attached hydrogen (secondary N) is 2. The summed E-state index contributed by atoms with van der Waals surface area (Å²) in [6.45, 7) is 0.508. The van der Waals surface area contributed by atoms with E-state index in [1.54, 1.807) is 31.1 Å². The Morgan fingerprint density at radius 2 is 2.25 bits per heavy atom. The molecular weight excluding hydrogens is 280 g/mol. The normalized spacial score (nSPS) is 18.9. The number of hydrogen-bond acceptors (Lipinski definition) is 4. The van der Waals surface area contributed by atoms with Gasteiger partial charge in [-0.25, -0.2) is 4.98 Å². The molecule has 7 heteroatoms. The summed E-state index contributed by atoms with van der Waals surface area (Å²) in [5.41, 5.74) is 0.193. The molecular formula is C13H17ClN4O2. The van der Waals surface area contributed by atoms with E-state index in [0.29, 0.717) is 30.2 Å². The van der Waals surface area contributed by atoms with E-state index in [-0.39, 0.29) is 23.6 Å². The van der Waals surface area contributed by atoms with E-state index in [2.05, 4.69) is 15.6 Å². The molecule has 1 unspecified atom stereocenters. The third kappa shape index (κ3) is 3.19. The number of anilines is 1. The summed E-state index contributed by atoms with van der Waals surface area (Å²) >= 11 is 6.00. The minimum atomic E-state index is -0.320. The predicted octanol–water partition coefficient (Wildman–Crippen LogP) is 1.13. The maximum Gasteiger partial charge on any atom is 0.271 e. The van der Waals surface area contributed by atoms with Crippen molar-refractivity contribution in [2.45, 2.75) is 18.9 Å². The van der Waals surface area contributed by atoms with Crippen LogP contribution in [-0.2, 0) is 4.79 Å². The SMILES string of the molecule is CNc1ccc(Cl)c(C(=O)NC2CCC(=O)N(C)C2)n1. The van der Waals surface area contributed by atoms with Crippen LogP contribution < -0.4 is 10.6 Å². The van der Waals surface area contributed by atoms with Gasteiger partial charge in [-0.15, -0.1) is 0 Å². The Balaban J connectivity index is 2.07. The summed E-state index contributed by atoms with van der Waals surface area (Å²) in [5.74, 6) is 0.360. The number of rotatable bonds is 3. The van der Waals surface area contributed by atoms with E-state index in [1.807, 2.05) is 0 Å². The van der Waals surface area contributed by atoms with Crippen molar-refractivity contribution in [3.8, 4) is 0 Å². The molecule has 2 rings (SSSR count). The Morgan fingerprint density at radius 3 is 2.90 bits per heavy atom. The molecule has 2 amide bonds. The lowest BCUT2D eigenvalue weighted by Gasteiger charge is -2.30. The number of amides is 2. The van der Waals surface area contributed by atoms with Gasteiger partial charge in [0.2, 0.25) is 5.91 Å². The fourth-order valence-electron chi connectivity index (χ4n) is 2.12. The minimum Gasteiger partial charge on any atom is -0.373 e. The van der Waals surface area contributed by atoms with Crippen LogP contribution in [0.4, 0.5) is 5.82 Å². The monoisotopic (exact) mass is 296 g/mol. The summed E-state index contributed by atoms with van der Waals surface area (Å²) in [6.07, 6.45) is 1.08. The molecule has 1 aliphatic heterocycles. The van der Waals surface area contributed by atoms with Gasteiger partial charge in [0.15, 0.2) is 0 Å². The molecule has 1 fully saturated rings. The van der Waals surface area contributed by atoms with Crippen LogP contribution in [0.3, 0.4) is 0 Å². The molecule has 6 nitrogen and oxygen atoms in total. The van der Waals surface area contributed by atoms with E-state index in [4.69, 9.17) is 11.6 Å². The van der Waals surface area contributed by atoms with Crippen molar-refractivity contribution in [3.63, 3.8) is 0 Å². The standard InChI is InChI=1S/C13H17ClN4O2/c1-15-10-5-4-9(14)12(17-10)13(20)16-8-3-6-11(19)18(2)7-8/h4-5,8H,3,6-7H2,1-2H3,(H,15,17)(H,16,20). The topological polar surface area (TPSA) is 74.3 Å². The van der Waals surface area contributed by atoms with Gasteiger partial charge < -0.3 is 15.5 Å². The molecule has 2 heterocycles. The van der Waals surface area contributed by atoms with E-state index >= 15 is 0 Å². The van der Waals surface area contributed by atoms with Gasteiger partial charge in [-0.05, 0) is 18.6 Å². The second-order valence-electron chi connectivity index (χ2n) is 4.76. The molecule has 2 N–H and O–H groups in total.